The number of rotatable bonds is 8. The first kappa shape index (κ1) is 19.2. The lowest BCUT2D eigenvalue weighted by Crippen LogP contribution is -2.29. The van der Waals surface area contributed by atoms with Gasteiger partial charge in [0.15, 0.2) is 0 Å². The van der Waals surface area contributed by atoms with Crippen molar-refractivity contribution in [1.82, 2.24) is 4.90 Å². The smallest absolute Gasteiger partial charge is 0.254 e. The van der Waals surface area contributed by atoms with Crippen LogP contribution in [0, 0.1) is 0 Å². The Hall–Kier alpha value is -2.15. The maximum atomic E-state index is 13.3. The van der Waals surface area contributed by atoms with E-state index in [1.165, 1.54) is 9.75 Å². The molecule has 4 rings (SSSR count). The summed E-state index contributed by atoms with van der Waals surface area (Å²) in [5, 5.41) is 4.09. The monoisotopic (exact) mass is 413 g/mol. The van der Waals surface area contributed by atoms with E-state index in [0.717, 1.165) is 19.4 Å². The van der Waals surface area contributed by atoms with Crippen LogP contribution in [0.2, 0.25) is 0 Å². The van der Waals surface area contributed by atoms with Gasteiger partial charge < -0.3 is 14.4 Å². The van der Waals surface area contributed by atoms with Crippen LogP contribution in [0.4, 0.5) is 0 Å². The van der Waals surface area contributed by atoms with Gasteiger partial charge >= 0.3 is 0 Å². The van der Waals surface area contributed by atoms with E-state index >= 15 is 0 Å². The van der Waals surface area contributed by atoms with Crippen LogP contribution in [0.3, 0.4) is 0 Å². The molecular weight excluding hydrogens is 390 g/mol. The molecule has 3 heterocycles. The van der Waals surface area contributed by atoms with Crippen molar-refractivity contribution in [2.45, 2.75) is 32.0 Å². The summed E-state index contributed by atoms with van der Waals surface area (Å²) in [5.41, 5.74) is 0.651. The van der Waals surface area contributed by atoms with Gasteiger partial charge in [0.05, 0.1) is 19.2 Å². The van der Waals surface area contributed by atoms with E-state index in [2.05, 4.69) is 12.1 Å². The van der Waals surface area contributed by atoms with Gasteiger partial charge in [0.2, 0.25) is 0 Å². The average molecular weight is 414 g/mol. The van der Waals surface area contributed by atoms with E-state index in [-0.39, 0.29) is 12.0 Å². The van der Waals surface area contributed by atoms with Crippen LogP contribution >= 0.6 is 22.7 Å². The molecule has 1 unspecified atom stereocenters. The van der Waals surface area contributed by atoms with Gasteiger partial charge in [0.1, 0.15) is 12.4 Å². The van der Waals surface area contributed by atoms with Gasteiger partial charge in [-0.3, -0.25) is 4.79 Å². The highest BCUT2D eigenvalue weighted by molar-refractivity contribution is 7.10. The summed E-state index contributed by atoms with van der Waals surface area (Å²) in [5.74, 6) is 0.734. The van der Waals surface area contributed by atoms with Gasteiger partial charge in [-0.1, -0.05) is 18.2 Å². The van der Waals surface area contributed by atoms with Crippen molar-refractivity contribution in [3.63, 3.8) is 0 Å². The lowest BCUT2D eigenvalue weighted by atomic mass is 10.1. The number of hydrogen-bond acceptors (Lipinski definition) is 5. The molecule has 1 saturated heterocycles. The quantitative estimate of drug-likeness (QED) is 0.509. The van der Waals surface area contributed by atoms with Gasteiger partial charge in [-0.2, -0.15) is 0 Å². The second-order valence-electron chi connectivity index (χ2n) is 6.79. The van der Waals surface area contributed by atoms with Crippen LogP contribution < -0.4 is 4.74 Å². The van der Waals surface area contributed by atoms with E-state index in [0.29, 0.717) is 31.0 Å². The first-order valence-corrected chi connectivity index (χ1v) is 11.2. The van der Waals surface area contributed by atoms with Crippen molar-refractivity contribution in [2.75, 3.05) is 13.2 Å². The summed E-state index contributed by atoms with van der Waals surface area (Å²) in [4.78, 5) is 17.5. The van der Waals surface area contributed by atoms with Gasteiger partial charge in [-0.25, -0.2) is 0 Å². The molecule has 1 aliphatic heterocycles. The molecule has 28 heavy (non-hydrogen) atoms. The summed E-state index contributed by atoms with van der Waals surface area (Å²) in [6, 6.07) is 15.7. The number of thiophene rings is 2. The third-order valence-corrected chi connectivity index (χ3v) is 6.40. The molecule has 0 N–H and O–H groups in total. The van der Waals surface area contributed by atoms with Crippen LogP contribution in [0.25, 0.3) is 0 Å². The van der Waals surface area contributed by atoms with E-state index in [1.54, 1.807) is 22.7 Å². The molecular formula is C22H23NO3S2. The molecule has 1 fully saturated rings. The number of hydrogen-bond donors (Lipinski definition) is 0. The molecule has 1 amide bonds. The van der Waals surface area contributed by atoms with Crippen LogP contribution in [0.15, 0.2) is 59.3 Å². The first-order valence-electron chi connectivity index (χ1n) is 9.46. The molecule has 6 heteroatoms. The van der Waals surface area contributed by atoms with Gasteiger partial charge in [0, 0.05) is 21.9 Å². The number of carbonyl (C=O) groups excluding carboxylic acids is 1. The number of benzene rings is 1. The molecule has 1 aromatic carbocycles. The zero-order valence-corrected chi connectivity index (χ0v) is 17.2. The Labute approximate surface area is 173 Å². The average Bonchev–Trinajstić information content (AvgIpc) is 3.49. The summed E-state index contributed by atoms with van der Waals surface area (Å²) in [6.07, 6.45) is 2.29. The summed E-state index contributed by atoms with van der Waals surface area (Å²) < 4.78 is 11.5. The van der Waals surface area contributed by atoms with Crippen molar-refractivity contribution in [3.05, 3.63) is 74.6 Å². The third kappa shape index (κ3) is 5.01. The minimum atomic E-state index is 0.0179. The van der Waals surface area contributed by atoms with E-state index in [9.17, 15) is 4.79 Å². The number of carbonyl (C=O) groups is 1. The maximum absolute atomic E-state index is 13.3. The fourth-order valence-electron chi connectivity index (χ4n) is 3.25. The molecule has 3 aromatic rings. The van der Waals surface area contributed by atoms with Crippen LogP contribution in [-0.2, 0) is 17.8 Å². The van der Waals surface area contributed by atoms with E-state index in [1.807, 2.05) is 52.1 Å². The zero-order valence-electron chi connectivity index (χ0n) is 15.6. The normalized spacial score (nSPS) is 16.2. The van der Waals surface area contributed by atoms with E-state index < -0.39 is 0 Å². The van der Waals surface area contributed by atoms with E-state index in [4.69, 9.17) is 9.47 Å². The Kier molecular flexibility index (Phi) is 6.41. The zero-order chi connectivity index (χ0) is 19.2. The molecule has 0 spiro atoms. The van der Waals surface area contributed by atoms with Crippen LogP contribution in [0.1, 0.15) is 33.0 Å². The highest BCUT2D eigenvalue weighted by Gasteiger charge is 2.19. The second kappa shape index (κ2) is 9.37. The Balaban J connectivity index is 1.47. The SMILES string of the molecule is O=C(c1cccc(OCC2CCCO2)c1)N(Cc1cccs1)Cc1cccs1. The molecule has 1 atom stereocenters. The molecule has 0 saturated carbocycles. The highest BCUT2D eigenvalue weighted by Crippen LogP contribution is 2.22. The molecule has 1 aliphatic rings. The predicted octanol–water partition coefficient (Wildman–Crippen LogP) is 5.21. The molecule has 4 nitrogen and oxygen atoms in total. The van der Waals surface area contributed by atoms with Crippen molar-refractivity contribution in [3.8, 4) is 5.75 Å². The van der Waals surface area contributed by atoms with Crippen LogP contribution in [0.5, 0.6) is 5.75 Å². The number of ether oxygens (including phenoxy) is 2. The number of amides is 1. The molecule has 0 bridgehead atoms. The number of nitrogens with zero attached hydrogens (tertiary/aromatic N) is 1. The molecule has 0 radical (unpaired) electrons. The molecule has 0 aliphatic carbocycles. The topological polar surface area (TPSA) is 38.8 Å². The minimum absolute atomic E-state index is 0.0179. The van der Waals surface area contributed by atoms with Gasteiger partial charge in [0.25, 0.3) is 5.91 Å². The standard InChI is InChI=1S/C22H23NO3S2/c24-22(17-5-1-6-18(13-17)26-16-19-7-2-10-25-19)23(14-20-8-3-11-27-20)15-21-9-4-12-28-21/h1,3-6,8-9,11-13,19H,2,7,10,14-16H2. The van der Waals surface area contributed by atoms with Crippen molar-refractivity contribution in [1.29, 1.82) is 0 Å². The third-order valence-electron chi connectivity index (χ3n) is 4.68. The predicted molar refractivity (Wildman–Crippen MR) is 113 cm³/mol. The largest absolute Gasteiger partial charge is 0.491 e. The maximum Gasteiger partial charge on any atom is 0.254 e. The van der Waals surface area contributed by atoms with Crippen molar-refractivity contribution >= 4 is 28.6 Å². The Morgan fingerprint density at radius 2 is 1.82 bits per heavy atom. The fourth-order valence-corrected chi connectivity index (χ4v) is 4.69. The Morgan fingerprint density at radius 3 is 2.43 bits per heavy atom. The van der Waals surface area contributed by atoms with Gasteiger partial charge in [-0.05, 0) is 53.9 Å². The highest BCUT2D eigenvalue weighted by atomic mass is 32.1. The summed E-state index contributed by atoms with van der Waals surface area (Å²) in [7, 11) is 0. The summed E-state index contributed by atoms with van der Waals surface area (Å²) in [6.45, 7) is 2.56. The lowest BCUT2D eigenvalue weighted by Gasteiger charge is -2.22. The second-order valence-corrected chi connectivity index (χ2v) is 8.86. The van der Waals surface area contributed by atoms with Gasteiger partial charge in [-0.15, -0.1) is 22.7 Å². The first-order chi connectivity index (χ1) is 13.8. The molecule has 146 valence electrons. The molecule has 2 aromatic heterocycles. The minimum Gasteiger partial charge on any atom is -0.491 e. The van der Waals surface area contributed by atoms with Crippen molar-refractivity contribution < 1.29 is 14.3 Å². The van der Waals surface area contributed by atoms with Crippen molar-refractivity contribution in [2.24, 2.45) is 0 Å². The van der Waals surface area contributed by atoms with Crippen LogP contribution in [-0.4, -0.2) is 30.1 Å². The fraction of sp³-hybridized carbons (Fsp3) is 0.318. The Morgan fingerprint density at radius 1 is 1.07 bits per heavy atom. The lowest BCUT2D eigenvalue weighted by molar-refractivity contribution is 0.0676. The summed E-state index contributed by atoms with van der Waals surface area (Å²) >= 11 is 3.35. The Bertz CT molecular complexity index is 835.